The molecule has 0 saturated carbocycles. The highest BCUT2D eigenvalue weighted by molar-refractivity contribution is 5.66. The Labute approximate surface area is 164 Å². The summed E-state index contributed by atoms with van der Waals surface area (Å²) in [5, 5.41) is 0. The first kappa shape index (κ1) is 20.5. The molecule has 2 aromatic rings. The van der Waals surface area contributed by atoms with Crippen LogP contribution in [0, 0.1) is 17.5 Å². The molecule has 28 heavy (non-hydrogen) atoms. The zero-order valence-corrected chi connectivity index (χ0v) is 16.2. The second-order valence-corrected chi connectivity index (χ2v) is 7.00. The van der Waals surface area contributed by atoms with Gasteiger partial charge in [-0.2, -0.15) is 4.39 Å². The van der Waals surface area contributed by atoms with Crippen LogP contribution in [0.5, 0.6) is 5.75 Å². The molecular weight excluding hydrogens is 365 g/mol. The maximum atomic E-state index is 14.7. The van der Waals surface area contributed by atoms with Gasteiger partial charge < -0.3 is 9.47 Å². The molecule has 0 bridgehead atoms. The highest BCUT2D eigenvalue weighted by atomic mass is 19.2. The Morgan fingerprint density at radius 3 is 2.50 bits per heavy atom. The Bertz CT molecular complexity index is 840. The summed E-state index contributed by atoms with van der Waals surface area (Å²) in [7, 11) is 0. The third kappa shape index (κ3) is 4.41. The van der Waals surface area contributed by atoms with Gasteiger partial charge in [0.15, 0.2) is 11.6 Å². The average molecular weight is 390 g/mol. The monoisotopic (exact) mass is 390 g/mol. The maximum absolute atomic E-state index is 14.7. The van der Waals surface area contributed by atoms with Crippen molar-refractivity contribution in [2.75, 3.05) is 13.2 Å². The Balaban J connectivity index is 1.80. The van der Waals surface area contributed by atoms with E-state index >= 15 is 0 Å². The number of benzene rings is 2. The molecule has 0 N–H and O–H groups in total. The van der Waals surface area contributed by atoms with Crippen LogP contribution < -0.4 is 4.74 Å². The first-order valence-electron chi connectivity index (χ1n) is 9.70. The molecule has 2 nitrogen and oxygen atoms in total. The minimum absolute atomic E-state index is 0.0331. The lowest BCUT2D eigenvalue weighted by atomic mass is 9.90. The van der Waals surface area contributed by atoms with E-state index in [1.807, 2.05) is 26.0 Å². The number of allylic oxidation sites excluding steroid dienone is 1. The molecule has 2 aromatic carbocycles. The van der Waals surface area contributed by atoms with E-state index in [0.29, 0.717) is 13.0 Å². The van der Waals surface area contributed by atoms with Gasteiger partial charge in [-0.05, 0) is 49.9 Å². The first-order chi connectivity index (χ1) is 13.5. The van der Waals surface area contributed by atoms with Crippen molar-refractivity contribution >= 4 is 0 Å². The van der Waals surface area contributed by atoms with Crippen LogP contribution in [-0.4, -0.2) is 19.3 Å². The zero-order chi connectivity index (χ0) is 20.1. The molecule has 1 aliphatic heterocycles. The van der Waals surface area contributed by atoms with Crippen LogP contribution in [0.1, 0.15) is 44.6 Å². The Hall–Kier alpha value is -2.27. The molecule has 1 aliphatic rings. The van der Waals surface area contributed by atoms with Crippen LogP contribution in [0.3, 0.4) is 0 Å². The summed E-state index contributed by atoms with van der Waals surface area (Å²) in [5.74, 6) is -2.83. The molecule has 3 rings (SSSR count). The summed E-state index contributed by atoms with van der Waals surface area (Å²) in [6, 6.07) is 7.37. The van der Waals surface area contributed by atoms with Crippen molar-refractivity contribution < 1.29 is 22.6 Å². The van der Waals surface area contributed by atoms with Crippen molar-refractivity contribution in [1.82, 2.24) is 0 Å². The fourth-order valence-electron chi connectivity index (χ4n) is 3.47. The SMILES string of the molecule is C/C=C/C1CCC(c2ccc(-c3ccc(OCCC)c(F)c3F)c(F)c2)CO1. The maximum Gasteiger partial charge on any atom is 0.201 e. The van der Waals surface area contributed by atoms with E-state index in [-0.39, 0.29) is 35.5 Å². The van der Waals surface area contributed by atoms with Gasteiger partial charge in [0.05, 0.1) is 19.3 Å². The van der Waals surface area contributed by atoms with Crippen molar-refractivity contribution in [2.45, 2.75) is 45.1 Å². The summed E-state index contributed by atoms with van der Waals surface area (Å²) >= 11 is 0. The van der Waals surface area contributed by atoms with Gasteiger partial charge in [0.2, 0.25) is 5.82 Å². The predicted octanol–water partition coefficient (Wildman–Crippen LogP) is 6.40. The van der Waals surface area contributed by atoms with Crippen LogP contribution in [-0.2, 0) is 4.74 Å². The number of halogens is 3. The minimum atomic E-state index is -1.10. The molecule has 2 atom stereocenters. The first-order valence-corrected chi connectivity index (χ1v) is 9.70. The van der Waals surface area contributed by atoms with Gasteiger partial charge >= 0.3 is 0 Å². The normalized spacial score (nSPS) is 19.9. The Morgan fingerprint density at radius 1 is 1.07 bits per heavy atom. The molecule has 150 valence electrons. The molecule has 1 saturated heterocycles. The van der Waals surface area contributed by atoms with Crippen molar-refractivity contribution in [3.05, 3.63) is 65.5 Å². The predicted molar refractivity (Wildman–Crippen MR) is 104 cm³/mol. The van der Waals surface area contributed by atoms with E-state index in [2.05, 4.69) is 0 Å². The molecule has 1 fully saturated rings. The molecule has 0 amide bonds. The van der Waals surface area contributed by atoms with E-state index in [0.717, 1.165) is 18.4 Å². The fraction of sp³-hybridized carbons (Fsp3) is 0.391. The summed E-state index contributed by atoms with van der Waals surface area (Å²) in [6.45, 7) is 4.63. The topological polar surface area (TPSA) is 18.5 Å². The lowest BCUT2D eigenvalue weighted by molar-refractivity contribution is 0.0326. The largest absolute Gasteiger partial charge is 0.490 e. The van der Waals surface area contributed by atoms with E-state index in [1.54, 1.807) is 6.07 Å². The number of rotatable bonds is 6. The highest BCUT2D eigenvalue weighted by Gasteiger charge is 2.23. The van der Waals surface area contributed by atoms with Gasteiger partial charge in [0.1, 0.15) is 5.82 Å². The van der Waals surface area contributed by atoms with Gasteiger partial charge in [-0.25, -0.2) is 8.78 Å². The van der Waals surface area contributed by atoms with Gasteiger partial charge in [-0.1, -0.05) is 31.2 Å². The van der Waals surface area contributed by atoms with Crippen molar-refractivity contribution in [1.29, 1.82) is 0 Å². The third-order valence-corrected chi connectivity index (χ3v) is 4.98. The van der Waals surface area contributed by atoms with Crippen molar-refractivity contribution in [3.63, 3.8) is 0 Å². The summed E-state index contributed by atoms with van der Waals surface area (Å²) in [6.07, 6.45) is 6.53. The molecule has 0 aliphatic carbocycles. The van der Waals surface area contributed by atoms with E-state index in [9.17, 15) is 13.2 Å². The summed E-state index contributed by atoms with van der Waals surface area (Å²) in [5.41, 5.74) is 0.730. The van der Waals surface area contributed by atoms with Crippen LogP contribution in [0.4, 0.5) is 13.2 Å². The van der Waals surface area contributed by atoms with E-state index in [1.165, 1.54) is 24.3 Å². The van der Waals surface area contributed by atoms with Crippen LogP contribution >= 0.6 is 0 Å². The van der Waals surface area contributed by atoms with Crippen molar-refractivity contribution in [2.24, 2.45) is 0 Å². The van der Waals surface area contributed by atoms with Crippen LogP contribution in [0.25, 0.3) is 11.1 Å². The Kier molecular flexibility index (Phi) is 6.79. The lowest BCUT2D eigenvalue weighted by Crippen LogP contribution is -2.23. The molecular formula is C23H25F3O2. The number of hydrogen-bond acceptors (Lipinski definition) is 2. The third-order valence-electron chi connectivity index (χ3n) is 4.98. The molecule has 2 unspecified atom stereocenters. The minimum Gasteiger partial charge on any atom is -0.490 e. The van der Waals surface area contributed by atoms with Gasteiger partial charge in [-0.3, -0.25) is 0 Å². The second-order valence-electron chi connectivity index (χ2n) is 7.00. The number of hydrogen-bond donors (Lipinski definition) is 0. The van der Waals surface area contributed by atoms with Crippen LogP contribution in [0.2, 0.25) is 0 Å². The lowest BCUT2D eigenvalue weighted by Gasteiger charge is -2.28. The van der Waals surface area contributed by atoms with Gasteiger partial charge in [0, 0.05) is 17.0 Å². The summed E-state index contributed by atoms with van der Waals surface area (Å²) < 4.78 is 54.4. The van der Waals surface area contributed by atoms with Crippen LogP contribution in [0.15, 0.2) is 42.5 Å². The molecule has 0 radical (unpaired) electrons. The molecule has 0 aromatic heterocycles. The summed E-state index contributed by atoms with van der Waals surface area (Å²) in [4.78, 5) is 0. The quantitative estimate of drug-likeness (QED) is 0.532. The second kappa shape index (κ2) is 9.28. The van der Waals surface area contributed by atoms with E-state index in [4.69, 9.17) is 9.47 Å². The average Bonchev–Trinajstić information content (AvgIpc) is 2.70. The molecule has 0 spiro atoms. The smallest absolute Gasteiger partial charge is 0.201 e. The standard InChI is InChI=1S/C23H25F3O2/c1-3-5-17-8-6-16(14-28-17)15-7-9-18(20(24)13-15)19-10-11-21(27-12-4-2)23(26)22(19)25/h3,5,7,9-11,13,16-17H,4,6,8,12,14H2,1-2H3/b5-3+. The Morgan fingerprint density at radius 2 is 1.86 bits per heavy atom. The molecule has 5 heteroatoms. The highest BCUT2D eigenvalue weighted by Crippen LogP contribution is 2.34. The van der Waals surface area contributed by atoms with Gasteiger partial charge in [-0.15, -0.1) is 0 Å². The van der Waals surface area contributed by atoms with Gasteiger partial charge in [0.25, 0.3) is 0 Å². The molecule has 1 heterocycles. The zero-order valence-electron chi connectivity index (χ0n) is 16.2. The number of ether oxygens (including phenoxy) is 2. The fourth-order valence-corrected chi connectivity index (χ4v) is 3.47. The van der Waals surface area contributed by atoms with Crippen molar-refractivity contribution in [3.8, 4) is 16.9 Å². The van der Waals surface area contributed by atoms with E-state index < -0.39 is 17.5 Å².